The summed E-state index contributed by atoms with van der Waals surface area (Å²) in [5, 5.41) is 0. The van der Waals surface area contributed by atoms with Crippen molar-refractivity contribution in [2.45, 2.75) is 26.3 Å². The number of ether oxygens (including phenoxy) is 1. The zero-order chi connectivity index (χ0) is 12.3. The fraction of sp³-hybridized carbons (Fsp3) is 0.600. The number of rotatable bonds is 5. The van der Waals surface area contributed by atoms with E-state index in [1.165, 1.54) is 11.1 Å². The Morgan fingerprint density at radius 3 is 2.35 bits per heavy atom. The van der Waals surface area contributed by atoms with E-state index in [1.54, 1.807) is 0 Å². The molecule has 0 saturated carbocycles. The third-order valence-corrected chi connectivity index (χ3v) is 3.38. The predicted molar refractivity (Wildman–Crippen MR) is 71.2 cm³/mol. The summed E-state index contributed by atoms with van der Waals surface area (Å²) in [4.78, 5) is 2.39. The zero-order valence-electron chi connectivity index (χ0n) is 11.1. The van der Waals surface area contributed by atoms with Crippen molar-refractivity contribution >= 4 is 0 Å². The van der Waals surface area contributed by atoms with Crippen LogP contribution in [0.2, 0.25) is 0 Å². The molecule has 1 aromatic rings. The van der Waals surface area contributed by atoms with Crippen LogP contribution < -0.4 is 0 Å². The van der Waals surface area contributed by atoms with Gasteiger partial charge in [-0.3, -0.25) is 0 Å². The second-order valence-electron chi connectivity index (χ2n) is 5.50. The van der Waals surface area contributed by atoms with Gasteiger partial charge >= 0.3 is 0 Å². The summed E-state index contributed by atoms with van der Waals surface area (Å²) in [5.74, 6) is 1.36. The summed E-state index contributed by atoms with van der Waals surface area (Å²) in [6.45, 7) is 8.53. The van der Waals surface area contributed by atoms with Crippen molar-refractivity contribution in [3.05, 3.63) is 35.4 Å². The normalized spacial score (nSPS) is 16.5. The molecule has 2 heteroatoms. The Morgan fingerprint density at radius 2 is 1.88 bits per heavy atom. The molecule has 1 aliphatic heterocycles. The highest BCUT2D eigenvalue weighted by Crippen LogP contribution is 2.16. The van der Waals surface area contributed by atoms with E-state index in [-0.39, 0.29) is 0 Å². The van der Waals surface area contributed by atoms with E-state index in [0.717, 1.165) is 32.2 Å². The van der Waals surface area contributed by atoms with Gasteiger partial charge in [0.05, 0.1) is 13.2 Å². The summed E-state index contributed by atoms with van der Waals surface area (Å²) in [7, 11) is 2.19. The molecule has 0 atom stereocenters. The smallest absolute Gasteiger partial charge is 0.0528 e. The van der Waals surface area contributed by atoms with E-state index in [0.29, 0.717) is 5.92 Å². The highest BCUT2D eigenvalue weighted by atomic mass is 16.5. The van der Waals surface area contributed by atoms with E-state index >= 15 is 0 Å². The van der Waals surface area contributed by atoms with Crippen molar-refractivity contribution in [2.75, 3.05) is 26.8 Å². The molecule has 0 aliphatic carbocycles. The van der Waals surface area contributed by atoms with Gasteiger partial charge in [0.1, 0.15) is 0 Å². The summed E-state index contributed by atoms with van der Waals surface area (Å²) in [6.07, 6.45) is 0. The molecule has 0 bridgehead atoms. The maximum absolute atomic E-state index is 5.20. The van der Waals surface area contributed by atoms with Crippen LogP contribution in [0, 0.1) is 5.92 Å². The van der Waals surface area contributed by atoms with Gasteiger partial charge in [-0.25, -0.2) is 0 Å². The van der Waals surface area contributed by atoms with E-state index in [1.807, 2.05) is 0 Å². The summed E-state index contributed by atoms with van der Waals surface area (Å²) < 4.78 is 5.20. The Hall–Kier alpha value is -0.860. The Labute approximate surface area is 105 Å². The molecule has 0 unspecified atom stereocenters. The summed E-state index contributed by atoms with van der Waals surface area (Å²) in [6, 6.07) is 9.01. The predicted octanol–water partition coefficient (Wildman–Crippen LogP) is 2.89. The lowest BCUT2D eigenvalue weighted by atomic mass is 10.0. The molecule has 0 spiro atoms. The highest BCUT2D eigenvalue weighted by molar-refractivity contribution is 5.24. The molecule has 1 fully saturated rings. The van der Waals surface area contributed by atoms with Crippen LogP contribution in [0.3, 0.4) is 0 Å². The molecule has 94 valence electrons. The Morgan fingerprint density at radius 1 is 1.24 bits per heavy atom. The van der Waals surface area contributed by atoms with Crippen molar-refractivity contribution in [3.63, 3.8) is 0 Å². The Balaban J connectivity index is 1.84. The summed E-state index contributed by atoms with van der Waals surface area (Å²) in [5.41, 5.74) is 2.82. The molecule has 0 N–H and O–H groups in total. The first kappa shape index (κ1) is 12.6. The molecule has 1 heterocycles. The molecule has 2 nitrogen and oxygen atoms in total. The minimum atomic E-state index is 0.619. The van der Waals surface area contributed by atoms with Crippen molar-refractivity contribution in [1.82, 2.24) is 4.90 Å². The van der Waals surface area contributed by atoms with E-state index in [9.17, 15) is 0 Å². The minimum absolute atomic E-state index is 0.619. The fourth-order valence-electron chi connectivity index (χ4n) is 2.21. The molecule has 17 heavy (non-hydrogen) atoms. The van der Waals surface area contributed by atoms with Gasteiger partial charge in [-0.05, 0) is 24.1 Å². The minimum Gasteiger partial charge on any atom is -0.381 e. The van der Waals surface area contributed by atoms with Gasteiger partial charge in [0.15, 0.2) is 0 Å². The van der Waals surface area contributed by atoms with Crippen LogP contribution in [-0.2, 0) is 11.3 Å². The molecule has 0 radical (unpaired) electrons. The van der Waals surface area contributed by atoms with Crippen molar-refractivity contribution in [3.8, 4) is 0 Å². The third-order valence-electron chi connectivity index (χ3n) is 3.38. The highest BCUT2D eigenvalue weighted by Gasteiger charge is 2.19. The molecule has 1 saturated heterocycles. The molecular formula is C15H23NO. The van der Waals surface area contributed by atoms with Crippen molar-refractivity contribution in [2.24, 2.45) is 5.92 Å². The lowest BCUT2D eigenvalue weighted by molar-refractivity contribution is -0.0445. The van der Waals surface area contributed by atoms with Gasteiger partial charge in [0, 0.05) is 19.0 Å². The molecule has 2 rings (SSSR count). The van der Waals surface area contributed by atoms with Gasteiger partial charge in [0.2, 0.25) is 0 Å². The quantitative estimate of drug-likeness (QED) is 0.775. The van der Waals surface area contributed by atoms with Crippen LogP contribution in [-0.4, -0.2) is 31.7 Å². The van der Waals surface area contributed by atoms with Gasteiger partial charge in [-0.15, -0.1) is 0 Å². The fourth-order valence-corrected chi connectivity index (χ4v) is 2.21. The average molecular weight is 233 g/mol. The zero-order valence-corrected chi connectivity index (χ0v) is 11.1. The van der Waals surface area contributed by atoms with E-state index < -0.39 is 0 Å². The van der Waals surface area contributed by atoms with Crippen LogP contribution in [0.4, 0.5) is 0 Å². The molecule has 0 amide bonds. The maximum Gasteiger partial charge on any atom is 0.0528 e. The first-order valence-corrected chi connectivity index (χ1v) is 6.50. The monoisotopic (exact) mass is 233 g/mol. The van der Waals surface area contributed by atoms with Gasteiger partial charge in [0.25, 0.3) is 0 Å². The van der Waals surface area contributed by atoms with Crippen molar-refractivity contribution in [1.29, 1.82) is 0 Å². The number of benzene rings is 1. The standard InChI is InChI=1S/C15H23NO/c1-12(2)15-6-4-13(5-7-15)8-16(3)9-14-10-17-11-14/h4-7,12,14H,8-11H2,1-3H3. The van der Waals surface area contributed by atoms with Crippen molar-refractivity contribution < 1.29 is 4.74 Å². The van der Waals surface area contributed by atoms with Crippen LogP contribution in [0.5, 0.6) is 0 Å². The molecule has 1 aliphatic rings. The second-order valence-corrected chi connectivity index (χ2v) is 5.50. The topological polar surface area (TPSA) is 12.5 Å². The molecule has 1 aromatic carbocycles. The number of hydrogen-bond acceptors (Lipinski definition) is 2. The van der Waals surface area contributed by atoms with Crippen LogP contribution in [0.25, 0.3) is 0 Å². The van der Waals surface area contributed by atoms with Gasteiger partial charge < -0.3 is 9.64 Å². The first-order valence-electron chi connectivity index (χ1n) is 6.50. The van der Waals surface area contributed by atoms with Crippen LogP contribution >= 0.6 is 0 Å². The van der Waals surface area contributed by atoms with Crippen LogP contribution in [0.15, 0.2) is 24.3 Å². The van der Waals surface area contributed by atoms with Gasteiger partial charge in [-0.1, -0.05) is 38.1 Å². The number of nitrogens with zero attached hydrogens (tertiary/aromatic N) is 1. The molecule has 0 aromatic heterocycles. The molecular weight excluding hydrogens is 210 g/mol. The van der Waals surface area contributed by atoms with E-state index in [2.05, 4.69) is 50.1 Å². The van der Waals surface area contributed by atoms with Crippen LogP contribution in [0.1, 0.15) is 30.9 Å². The Kier molecular flexibility index (Phi) is 4.19. The lowest BCUT2D eigenvalue weighted by Gasteiger charge is -2.30. The second kappa shape index (κ2) is 5.65. The maximum atomic E-state index is 5.20. The summed E-state index contributed by atoms with van der Waals surface area (Å²) >= 11 is 0. The lowest BCUT2D eigenvalue weighted by Crippen LogP contribution is -2.37. The van der Waals surface area contributed by atoms with E-state index in [4.69, 9.17) is 4.74 Å². The first-order chi connectivity index (χ1) is 8.15. The third kappa shape index (κ3) is 3.55. The largest absolute Gasteiger partial charge is 0.381 e. The SMILES string of the molecule is CC(C)c1ccc(CN(C)CC2COC2)cc1. The Bertz CT molecular complexity index is 340. The average Bonchev–Trinajstić information content (AvgIpc) is 2.24. The van der Waals surface area contributed by atoms with Gasteiger partial charge in [-0.2, -0.15) is 0 Å². The number of hydrogen-bond donors (Lipinski definition) is 0.